The molecule has 1 N–H and O–H groups in total. The Morgan fingerprint density at radius 1 is 1.24 bits per heavy atom. The van der Waals surface area contributed by atoms with Gasteiger partial charge in [0.1, 0.15) is 0 Å². The van der Waals surface area contributed by atoms with Gasteiger partial charge < -0.3 is 5.32 Å². The SMILES string of the molecule is Cc1nn(CCSc2ccccc2)c(C)c1CNC1CC1. The van der Waals surface area contributed by atoms with E-state index in [4.69, 9.17) is 5.10 Å². The van der Waals surface area contributed by atoms with Crippen molar-refractivity contribution in [3.63, 3.8) is 0 Å². The maximum Gasteiger partial charge on any atom is 0.0641 e. The van der Waals surface area contributed by atoms with Crippen molar-refractivity contribution in [1.29, 1.82) is 0 Å². The molecule has 1 aromatic heterocycles. The van der Waals surface area contributed by atoms with Crippen molar-refractivity contribution in [1.82, 2.24) is 15.1 Å². The molecule has 0 saturated heterocycles. The molecule has 2 aromatic rings. The Morgan fingerprint density at radius 3 is 2.71 bits per heavy atom. The molecule has 0 atom stereocenters. The Hall–Kier alpha value is -1.26. The van der Waals surface area contributed by atoms with Gasteiger partial charge in [0.25, 0.3) is 0 Å². The topological polar surface area (TPSA) is 29.9 Å². The van der Waals surface area contributed by atoms with Crippen molar-refractivity contribution in [2.45, 2.75) is 50.7 Å². The lowest BCUT2D eigenvalue weighted by atomic mass is 10.2. The van der Waals surface area contributed by atoms with E-state index in [9.17, 15) is 0 Å². The van der Waals surface area contributed by atoms with Gasteiger partial charge in [0.15, 0.2) is 0 Å². The maximum absolute atomic E-state index is 4.70. The van der Waals surface area contributed by atoms with Gasteiger partial charge in [-0.25, -0.2) is 0 Å². The van der Waals surface area contributed by atoms with E-state index in [2.05, 4.69) is 54.2 Å². The number of nitrogens with zero attached hydrogens (tertiary/aromatic N) is 2. The molecule has 1 fully saturated rings. The minimum absolute atomic E-state index is 0.751. The number of thioether (sulfide) groups is 1. The first-order valence-corrected chi connectivity index (χ1v) is 8.66. The minimum Gasteiger partial charge on any atom is -0.310 e. The molecule has 21 heavy (non-hydrogen) atoms. The van der Waals surface area contributed by atoms with Crippen LogP contribution in [0.25, 0.3) is 0 Å². The van der Waals surface area contributed by atoms with Crippen LogP contribution in [0.15, 0.2) is 35.2 Å². The van der Waals surface area contributed by atoms with E-state index in [1.165, 1.54) is 34.7 Å². The van der Waals surface area contributed by atoms with E-state index in [0.717, 1.165) is 24.9 Å². The fourth-order valence-electron chi connectivity index (χ4n) is 2.51. The fourth-order valence-corrected chi connectivity index (χ4v) is 3.36. The van der Waals surface area contributed by atoms with Crippen LogP contribution in [0.4, 0.5) is 0 Å². The Morgan fingerprint density at radius 2 is 2.00 bits per heavy atom. The molecule has 1 aliphatic rings. The molecular weight excluding hydrogens is 278 g/mol. The van der Waals surface area contributed by atoms with Crippen molar-refractivity contribution in [3.05, 3.63) is 47.3 Å². The Bertz CT molecular complexity index is 588. The number of nitrogens with one attached hydrogen (secondary N) is 1. The van der Waals surface area contributed by atoms with E-state index < -0.39 is 0 Å². The van der Waals surface area contributed by atoms with E-state index in [1.54, 1.807) is 0 Å². The molecular formula is C17H23N3S. The van der Waals surface area contributed by atoms with Crippen LogP contribution in [0.1, 0.15) is 29.8 Å². The molecule has 1 heterocycles. The van der Waals surface area contributed by atoms with Gasteiger partial charge in [-0.15, -0.1) is 11.8 Å². The zero-order valence-electron chi connectivity index (χ0n) is 12.8. The first-order chi connectivity index (χ1) is 10.2. The Kier molecular flexibility index (Phi) is 4.66. The highest BCUT2D eigenvalue weighted by atomic mass is 32.2. The van der Waals surface area contributed by atoms with Gasteiger partial charge in [0, 0.05) is 34.5 Å². The van der Waals surface area contributed by atoms with Crippen LogP contribution < -0.4 is 5.32 Å². The average molecular weight is 301 g/mol. The van der Waals surface area contributed by atoms with E-state index in [-0.39, 0.29) is 0 Å². The normalized spacial score (nSPS) is 14.6. The lowest BCUT2D eigenvalue weighted by Gasteiger charge is -2.06. The zero-order chi connectivity index (χ0) is 14.7. The highest BCUT2D eigenvalue weighted by Crippen LogP contribution is 2.22. The second-order valence-corrected chi connectivity index (χ2v) is 6.86. The van der Waals surface area contributed by atoms with Crippen LogP contribution in [0, 0.1) is 13.8 Å². The van der Waals surface area contributed by atoms with Gasteiger partial charge in [0.05, 0.1) is 12.2 Å². The summed E-state index contributed by atoms with van der Waals surface area (Å²) in [6.07, 6.45) is 2.67. The average Bonchev–Trinajstić information content (AvgIpc) is 3.27. The van der Waals surface area contributed by atoms with E-state index in [0.29, 0.717) is 0 Å². The summed E-state index contributed by atoms with van der Waals surface area (Å²) in [5.41, 5.74) is 3.87. The summed E-state index contributed by atoms with van der Waals surface area (Å²) in [4.78, 5) is 1.33. The molecule has 112 valence electrons. The van der Waals surface area contributed by atoms with Crippen molar-refractivity contribution in [2.24, 2.45) is 0 Å². The van der Waals surface area contributed by atoms with Crippen molar-refractivity contribution >= 4 is 11.8 Å². The predicted octanol–water partition coefficient (Wildman–Crippen LogP) is 3.54. The molecule has 0 unspecified atom stereocenters. The number of hydrogen-bond donors (Lipinski definition) is 1. The number of hydrogen-bond acceptors (Lipinski definition) is 3. The van der Waals surface area contributed by atoms with Gasteiger partial charge in [-0.3, -0.25) is 4.68 Å². The van der Waals surface area contributed by atoms with Crippen LogP contribution in [0.5, 0.6) is 0 Å². The lowest BCUT2D eigenvalue weighted by Crippen LogP contribution is -2.16. The predicted molar refractivity (Wildman–Crippen MR) is 88.7 cm³/mol. The first-order valence-electron chi connectivity index (χ1n) is 7.68. The Balaban J connectivity index is 1.56. The summed E-state index contributed by atoms with van der Waals surface area (Å²) >= 11 is 1.89. The molecule has 4 heteroatoms. The van der Waals surface area contributed by atoms with E-state index >= 15 is 0 Å². The third kappa shape index (κ3) is 3.89. The second kappa shape index (κ2) is 6.67. The van der Waals surface area contributed by atoms with Crippen molar-refractivity contribution in [3.8, 4) is 0 Å². The molecule has 0 spiro atoms. The van der Waals surface area contributed by atoms with Gasteiger partial charge in [-0.1, -0.05) is 18.2 Å². The summed E-state index contributed by atoms with van der Waals surface area (Å²) in [6, 6.07) is 11.3. The monoisotopic (exact) mass is 301 g/mol. The third-order valence-electron chi connectivity index (χ3n) is 3.99. The highest BCUT2D eigenvalue weighted by molar-refractivity contribution is 7.99. The Labute approximate surface area is 131 Å². The van der Waals surface area contributed by atoms with Gasteiger partial charge >= 0.3 is 0 Å². The summed E-state index contributed by atoms with van der Waals surface area (Å²) < 4.78 is 2.16. The highest BCUT2D eigenvalue weighted by Gasteiger charge is 2.21. The number of rotatable bonds is 7. The molecule has 0 aliphatic heterocycles. The molecule has 3 rings (SSSR count). The zero-order valence-corrected chi connectivity index (χ0v) is 13.6. The molecule has 0 amide bonds. The first kappa shape index (κ1) is 14.7. The molecule has 0 bridgehead atoms. The summed E-state index contributed by atoms with van der Waals surface area (Å²) in [5.74, 6) is 1.06. The number of aryl methyl sites for hydroxylation is 2. The van der Waals surface area contributed by atoms with E-state index in [1.807, 2.05) is 11.8 Å². The maximum atomic E-state index is 4.70. The molecule has 1 aliphatic carbocycles. The summed E-state index contributed by atoms with van der Waals surface area (Å²) in [5, 5.41) is 8.29. The summed E-state index contributed by atoms with van der Waals surface area (Å²) in [6.45, 7) is 6.25. The van der Waals surface area contributed by atoms with Crippen LogP contribution in [-0.2, 0) is 13.1 Å². The third-order valence-corrected chi connectivity index (χ3v) is 4.98. The van der Waals surface area contributed by atoms with Crippen LogP contribution in [0.3, 0.4) is 0 Å². The van der Waals surface area contributed by atoms with Crippen molar-refractivity contribution < 1.29 is 0 Å². The van der Waals surface area contributed by atoms with Crippen LogP contribution >= 0.6 is 11.8 Å². The largest absolute Gasteiger partial charge is 0.310 e. The standard InChI is InChI=1S/C17H23N3S/c1-13-17(12-18-15-8-9-15)14(2)20(19-13)10-11-21-16-6-4-3-5-7-16/h3-7,15,18H,8-12H2,1-2H3. The smallest absolute Gasteiger partial charge is 0.0641 e. The second-order valence-electron chi connectivity index (χ2n) is 5.69. The number of benzene rings is 1. The minimum atomic E-state index is 0.751. The van der Waals surface area contributed by atoms with Crippen LogP contribution in [-0.4, -0.2) is 21.6 Å². The molecule has 0 radical (unpaired) electrons. The summed E-state index contributed by atoms with van der Waals surface area (Å²) in [7, 11) is 0. The lowest BCUT2D eigenvalue weighted by molar-refractivity contribution is 0.636. The van der Waals surface area contributed by atoms with Gasteiger partial charge in [0.2, 0.25) is 0 Å². The molecule has 1 saturated carbocycles. The van der Waals surface area contributed by atoms with Crippen LogP contribution in [0.2, 0.25) is 0 Å². The van der Waals surface area contributed by atoms with Gasteiger partial charge in [-0.05, 0) is 38.8 Å². The van der Waals surface area contributed by atoms with Crippen molar-refractivity contribution in [2.75, 3.05) is 5.75 Å². The molecule has 1 aromatic carbocycles. The fraction of sp³-hybridized carbons (Fsp3) is 0.471. The quantitative estimate of drug-likeness (QED) is 0.793. The number of aromatic nitrogens is 2. The van der Waals surface area contributed by atoms with Gasteiger partial charge in [-0.2, -0.15) is 5.10 Å². The molecule has 3 nitrogen and oxygen atoms in total.